The van der Waals surface area contributed by atoms with Crippen LogP contribution in [0.3, 0.4) is 0 Å². The first-order valence-corrected chi connectivity index (χ1v) is 5.85. The average molecular weight is 234 g/mol. The van der Waals surface area contributed by atoms with Crippen molar-refractivity contribution in [3.05, 3.63) is 23.5 Å². The lowest BCUT2D eigenvalue weighted by atomic mass is 9.85. The van der Waals surface area contributed by atoms with Crippen molar-refractivity contribution in [2.75, 3.05) is 0 Å². The molecule has 0 atom stereocenters. The van der Waals surface area contributed by atoms with Gasteiger partial charge in [-0.1, -0.05) is 20.8 Å². The van der Waals surface area contributed by atoms with Crippen molar-refractivity contribution < 1.29 is 9.53 Å². The van der Waals surface area contributed by atoms with Crippen LogP contribution in [0.2, 0.25) is 0 Å². The lowest BCUT2D eigenvalue weighted by molar-refractivity contribution is 0.0993. The van der Waals surface area contributed by atoms with Gasteiger partial charge in [0.05, 0.1) is 12.3 Å². The van der Waals surface area contributed by atoms with Gasteiger partial charge >= 0.3 is 0 Å². The first-order chi connectivity index (χ1) is 7.88. The molecule has 0 spiro atoms. The fourth-order valence-electron chi connectivity index (χ4n) is 1.66. The zero-order valence-corrected chi connectivity index (χ0v) is 10.5. The lowest BCUT2D eigenvalue weighted by Crippen LogP contribution is -2.23. The number of ether oxygens (including phenoxy) is 1. The molecule has 1 aromatic rings. The minimum Gasteiger partial charge on any atom is -0.489 e. The molecule has 1 aliphatic carbocycles. The van der Waals surface area contributed by atoms with E-state index in [1.165, 1.54) is 0 Å². The number of carbonyl (C=O) groups is 1. The van der Waals surface area contributed by atoms with Gasteiger partial charge in [0.25, 0.3) is 5.91 Å². The van der Waals surface area contributed by atoms with E-state index in [0.717, 1.165) is 24.2 Å². The maximum absolute atomic E-state index is 11.3. The van der Waals surface area contributed by atoms with Gasteiger partial charge in [-0.05, 0) is 29.9 Å². The zero-order chi connectivity index (χ0) is 12.6. The molecule has 1 fully saturated rings. The number of hydrogen-bond acceptors (Lipinski definition) is 3. The van der Waals surface area contributed by atoms with Gasteiger partial charge in [0.2, 0.25) is 0 Å². The molecule has 1 heterocycles. The van der Waals surface area contributed by atoms with E-state index in [1.807, 2.05) is 26.8 Å². The highest BCUT2D eigenvalue weighted by molar-refractivity contribution is 5.92. The summed E-state index contributed by atoms with van der Waals surface area (Å²) in [4.78, 5) is 15.5. The van der Waals surface area contributed by atoms with E-state index < -0.39 is 5.91 Å². The Morgan fingerprint density at radius 2 is 2.12 bits per heavy atom. The second kappa shape index (κ2) is 4.02. The number of carbonyl (C=O) groups excluding carboxylic acids is 1. The van der Waals surface area contributed by atoms with Crippen LogP contribution >= 0.6 is 0 Å². The normalized spacial score (nSPS) is 15.7. The van der Waals surface area contributed by atoms with Gasteiger partial charge in [0.1, 0.15) is 11.4 Å². The number of pyridine rings is 1. The van der Waals surface area contributed by atoms with E-state index in [4.69, 9.17) is 10.5 Å². The molecule has 4 heteroatoms. The van der Waals surface area contributed by atoms with Crippen molar-refractivity contribution in [3.63, 3.8) is 0 Å². The summed E-state index contributed by atoms with van der Waals surface area (Å²) < 4.78 is 5.68. The van der Waals surface area contributed by atoms with Crippen LogP contribution in [0, 0.1) is 0 Å². The van der Waals surface area contributed by atoms with Gasteiger partial charge < -0.3 is 10.5 Å². The zero-order valence-electron chi connectivity index (χ0n) is 10.5. The molecule has 0 saturated heterocycles. The summed E-state index contributed by atoms with van der Waals surface area (Å²) >= 11 is 0. The third-order valence-corrected chi connectivity index (χ3v) is 2.73. The Bertz CT molecular complexity index is 445. The van der Waals surface area contributed by atoms with Gasteiger partial charge in [-0.25, -0.2) is 4.98 Å². The van der Waals surface area contributed by atoms with Crippen LogP contribution < -0.4 is 10.5 Å². The topological polar surface area (TPSA) is 65.2 Å². The molecule has 1 aromatic heterocycles. The fraction of sp³-hybridized carbons (Fsp3) is 0.538. The predicted octanol–water partition coefficient (Wildman–Crippen LogP) is 2.02. The molecule has 2 N–H and O–H groups in total. The maximum atomic E-state index is 11.3. The Labute approximate surface area is 101 Å². The summed E-state index contributed by atoms with van der Waals surface area (Å²) in [6, 6.07) is 1.88. The van der Waals surface area contributed by atoms with Crippen molar-refractivity contribution in [2.45, 2.75) is 45.1 Å². The third-order valence-electron chi connectivity index (χ3n) is 2.73. The SMILES string of the molecule is CC(C)(C)c1cc(OC2CC2)cnc1C(N)=O. The average Bonchev–Trinajstić information content (AvgIpc) is 3.00. The molecule has 92 valence electrons. The molecule has 0 radical (unpaired) electrons. The van der Waals surface area contributed by atoms with E-state index >= 15 is 0 Å². The molecule has 1 aliphatic rings. The van der Waals surface area contributed by atoms with Crippen molar-refractivity contribution in [3.8, 4) is 5.75 Å². The highest BCUT2D eigenvalue weighted by Gasteiger charge is 2.26. The van der Waals surface area contributed by atoms with Gasteiger partial charge in [0, 0.05) is 0 Å². The number of aromatic nitrogens is 1. The summed E-state index contributed by atoms with van der Waals surface area (Å²) in [5.41, 5.74) is 6.32. The minimum absolute atomic E-state index is 0.180. The predicted molar refractivity (Wildman–Crippen MR) is 65.1 cm³/mol. The van der Waals surface area contributed by atoms with E-state index in [1.54, 1.807) is 6.20 Å². The minimum atomic E-state index is -0.493. The van der Waals surface area contributed by atoms with Crippen LogP contribution in [0.1, 0.15) is 49.7 Å². The van der Waals surface area contributed by atoms with Gasteiger partial charge in [0.15, 0.2) is 0 Å². The molecule has 0 aromatic carbocycles. The van der Waals surface area contributed by atoms with E-state index in [0.29, 0.717) is 11.8 Å². The van der Waals surface area contributed by atoms with Gasteiger partial charge in [-0.2, -0.15) is 0 Å². The first-order valence-electron chi connectivity index (χ1n) is 5.85. The number of rotatable bonds is 3. The monoisotopic (exact) mass is 234 g/mol. The Morgan fingerprint density at radius 1 is 1.47 bits per heavy atom. The summed E-state index contributed by atoms with van der Waals surface area (Å²) in [6.45, 7) is 6.08. The molecule has 17 heavy (non-hydrogen) atoms. The summed E-state index contributed by atoms with van der Waals surface area (Å²) in [5.74, 6) is 0.232. The van der Waals surface area contributed by atoms with Crippen LogP contribution in [-0.4, -0.2) is 17.0 Å². The second-order valence-corrected chi connectivity index (χ2v) is 5.50. The highest BCUT2D eigenvalue weighted by atomic mass is 16.5. The van der Waals surface area contributed by atoms with E-state index in [9.17, 15) is 4.79 Å². The number of amides is 1. The van der Waals surface area contributed by atoms with Crippen LogP contribution in [0.25, 0.3) is 0 Å². The molecular weight excluding hydrogens is 216 g/mol. The fourth-order valence-corrected chi connectivity index (χ4v) is 1.66. The number of hydrogen-bond donors (Lipinski definition) is 1. The van der Waals surface area contributed by atoms with Crippen LogP contribution in [0.15, 0.2) is 12.3 Å². The van der Waals surface area contributed by atoms with Gasteiger partial charge in [-0.15, -0.1) is 0 Å². The number of primary amides is 1. The molecule has 0 bridgehead atoms. The Balaban J connectivity index is 2.38. The quantitative estimate of drug-likeness (QED) is 0.870. The summed E-state index contributed by atoms with van der Waals surface area (Å²) in [7, 11) is 0. The highest BCUT2D eigenvalue weighted by Crippen LogP contribution is 2.31. The van der Waals surface area contributed by atoms with Crippen molar-refractivity contribution in [1.82, 2.24) is 4.98 Å². The molecular formula is C13H18N2O2. The van der Waals surface area contributed by atoms with Crippen LogP contribution in [0.4, 0.5) is 0 Å². The molecule has 4 nitrogen and oxygen atoms in total. The summed E-state index contributed by atoms with van der Waals surface area (Å²) in [6.07, 6.45) is 4.10. The smallest absolute Gasteiger partial charge is 0.267 e. The standard InChI is InChI=1S/C13H18N2O2/c1-13(2,3)10-6-9(17-8-4-5-8)7-15-11(10)12(14)16/h6-8H,4-5H2,1-3H3,(H2,14,16). The number of nitrogens with two attached hydrogens (primary N) is 1. The van der Waals surface area contributed by atoms with Crippen molar-refractivity contribution in [2.24, 2.45) is 5.73 Å². The molecule has 1 saturated carbocycles. The summed E-state index contributed by atoms with van der Waals surface area (Å²) in [5, 5.41) is 0. The molecule has 0 unspecified atom stereocenters. The van der Waals surface area contributed by atoms with Crippen molar-refractivity contribution in [1.29, 1.82) is 0 Å². The van der Waals surface area contributed by atoms with Crippen LogP contribution in [0.5, 0.6) is 5.75 Å². The molecule has 0 aliphatic heterocycles. The Morgan fingerprint density at radius 3 is 2.59 bits per heavy atom. The van der Waals surface area contributed by atoms with Gasteiger partial charge in [-0.3, -0.25) is 4.79 Å². The largest absolute Gasteiger partial charge is 0.489 e. The third kappa shape index (κ3) is 2.75. The van der Waals surface area contributed by atoms with E-state index in [2.05, 4.69) is 4.98 Å². The Hall–Kier alpha value is -1.58. The maximum Gasteiger partial charge on any atom is 0.267 e. The number of nitrogens with zero attached hydrogens (tertiary/aromatic N) is 1. The Kier molecular flexibility index (Phi) is 2.81. The molecule has 2 rings (SSSR count). The lowest BCUT2D eigenvalue weighted by Gasteiger charge is -2.21. The first kappa shape index (κ1) is 11.9. The van der Waals surface area contributed by atoms with E-state index in [-0.39, 0.29) is 5.41 Å². The molecule has 1 amide bonds. The van der Waals surface area contributed by atoms with Crippen molar-refractivity contribution >= 4 is 5.91 Å². The van der Waals surface area contributed by atoms with Crippen LogP contribution in [-0.2, 0) is 5.41 Å². The second-order valence-electron chi connectivity index (χ2n) is 5.50.